The maximum Gasteiger partial charge on any atom is 0.0582 e. The van der Waals surface area contributed by atoms with Crippen LogP contribution in [-0.4, -0.2) is 18.3 Å². The average molecular weight is 281 g/mol. The van der Waals surface area contributed by atoms with E-state index in [0.717, 1.165) is 32.2 Å². The second kappa shape index (κ2) is 6.88. The Balaban J connectivity index is 1.78. The molecule has 0 atom stereocenters. The number of unbranched alkanes of at least 4 members (excludes halogenated alkanes) is 2. The Morgan fingerprint density at radius 1 is 0.857 bits per heavy atom. The maximum absolute atomic E-state index is 8.85. The molecule has 0 bridgehead atoms. The molecule has 21 heavy (non-hydrogen) atoms. The third-order valence-electron chi connectivity index (χ3n) is 4.30. The summed E-state index contributed by atoms with van der Waals surface area (Å²) in [5, 5.41) is 12.6. The third kappa shape index (κ3) is 3.17. The molecule has 2 nitrogen and oxygen atoms in total. The summed E-state index contributed by atoms with van der Waals surface area (Å²) < 4.78 is 0. The van der Waals surface area contributed by atoms with Crippen molar-refractivity contribution >= 4 is 0 Å². The van der Waals surface area contributed by atoms with E-state index < -0.39 is 0 Å². The molecule has 2 N–H and O–H groups in total. The summed E-state index contributed by atoms with van der Waals surface area (Å²) in [6.45, 7) is 1.29. The van der Waals surface area contributed by atoms with E-state index in [1.54, 1.807) is 0 Å². The smallest absolute Gasteiger partial charge is 0.0582 e. The number of fused-ring (bicyclic) bond motifs is 2. The number of hydrogen-bond acceptors (Lipinski definition) is 2. The van der Waals surface area contributed by atoms with Crippen LogP contribution in [0.15, 0.2) is 48.5 Å². The van der Waals surface area contributed by atoms with Crippen LogP contribution in [-0.2, 0) is 6.42 Å². The molecule has 1 aliphatic rings. The van der Waals surface area contributed by atoms with Gasteiger partial charge in [0.2, 0.25) is 0 Å². The maximum atomic E-state index is 8.85. The standard InChI is InChI=1S/C19H23NO/c21-13-7-1-6-12-20-19-17-10-4-2-8-15(17)14-16-9-3-5-11-18(16)19/h2-5,8-11,19-21H,1,6-7,12-14H2. The SMILES string of the molecule is OCCCCCNC1c2ccccc2Cc2ccccc21. The summed E-state index contributed by atoms with van der Waals surface area (Å²) in [6.07, 6.45) is 4.13. The van der Waals surface area contributed by atoms with Crippen molar-refractivity contribution in [1.29, 1.82) is 0 Å². The predicted molar refractivity (Wildman–Crippen MR) is 86.5 cm³/mol. The first kappa shape index (κ1) is 14.3. The largest absolute Gasteiger partial charge is 0.396 e. The van der Waals surface area contributed by atoms with Crippen molar-refractivity contribution in [3.05, 3.63) is 70.8 Å². The lowest BCUT2D eigenvalue weighted by molar-refractivity contribution is 0.282. The van der Waals surface area contributed by atoms with E-state index in [0.29, 0.717) is 12.6 Å². The van der Waals surface area contributed by atoms with E-state index >= 15 is 0 Å². The number of hydrogen-bond donors (Lipinski definition) is 2. The fourth-order valence-electron chi connectivity index (χ4n) is 3.21. The highest BCUT2D eigenvalue weighted by Gasteiger charge is 2.23. The highest BCUT2D eigenvalue weighted by molar-refractivity contribution is 5.48. The molecule has 0 saturated heterocycles. The molecular formula is C19H23NO. The summed E-state index contributed by atoms with van der Waals surface area (Å²) in [5.41, 5.74) is 5.70. The Hall–Kier alpha value is -1.64. The minimum Gasteiger partial charge on any atom is -0.396 e. The van der Waals surface area contributed by atoms with Crippen LogP contribution in [0.2, 0.25) is 0 Å². The zero-order valence-electron chi connectivity index (χ0n) is 12.4. The number of nitrogens with one attached hydrogen (secondary N) is 1. The van der Waals surface area contributed by atoms with Crippen LogP contribution < -0.4 is 5.32 Å². The minimum absolute atomic E-state index is 0.301. The summed E-state index contributed by atoms with van der Waals surface area (Å²) >= 11 is 0. The van der Waals surface area contributed by atoms with Crippen LogP contribution in [0.25, 0.3) is 0 Å². The van der Waals surface area contributed by atoms with Gasteiger partial charge in [-0.2, -0.15) is 0 Å². The van der Waals surface area contributed by atoms with Crippen molar-refractivity contribution in [3.8, 4) is 0 Å². The van der Waals surface area contributed by atoms with Gasteiger partial charge in [-0.05, 0) is 54.5 Å². The number of aliphatic hydroxyl groups is 1. The molecule has 0 heterocycles. The van der Waals surface area contributed by atoms with Gasteiger partial charge in [-0.15, -0.1) is 0 Å². The fraction of sp³-hybridized carbons (Fsp3) is 0.368. The van der Waals surface area contributed by atoms with Crippen LogP contribution in [0.3, 0.4) is 0 Å². The van der Waals surface area contributed by atoms with E-state index in [-0.39, 0.29) is 0 Å². The lowest BCUT2D eigenvalue weighted by Gasteiger charge is -2.29. The number of benzene rings is 2. The van der Waals surface area contributed by atoms with Crippen LogP contribution in [0, 0.1) is 0 Å². The van der Waals surface area contributed by atoms with Crippen LogP contribution in [0.5, 0.6) is 0 Å². The second-order valence-corrected chi connectivity index (χ2v) is 5.75. The molecule has 3 rings (SSSR count). The van der Waals surface area contributed by atoms with E-state index in [1.165, 1.54) is 22.3 Å². The molecule has 110 valence electrons. The number of rotatable bonds is 6. The molecule has 1 aliphatic carbocycles. The summed E-state index contributed by atoms with van der Waals surface area (Å²) in [5.74, 6) is 0. The zero-order chi connectivity index (χ0) is 14.5. The molecular weight excluding hydrogens is 258 g/mol. The van der Waals surface area contributed by atoms with E-state index in [9.17, 15) is 0 Å². The second-order valence-electron chi connectivity index (χ2n) is 5.75. The van der Waals surface area contributed by atoms with Gasteiger partial charge in [0.15, 0.2) is 0 Å². The predicted octanol–water partition coefficient (Wildman–Crippen LogP) is 3.43. The van der Waals surface area contributed by atoms with Crippen molar-refractivity contribution in [1.82, 2.24) is 5.32 Å². The van der Waals surface area contributed by atoms with Gasteiger partial charge in [-0.3, -0.25) is 0 Å². The van der Waals surface area contributed by atoms with Crippen LogP contribution in [0.1, 0.15) is 47.6 Å². The van der Waals surface area contributed by atoms with Crippen molar-refractivity contribution < 1.29 is 5.11 Å². The first-order valence-corrected chi connectivity index (χ1v) is 7.90. The summed E-state index contributed by atoms with van der Waals surface area (Å²) in [7, 11) is 0. The first-order valence-electron chi connectivity index (χ1n) is 7.90. The van der Waals surface area contributed by atoms with E-state index in [4.69, 9.17) is 5.11 Å². The molecule has 0 spiro atoms. The molecule has 0 aromatic heterocycles. The molecule has 0 saturated carbocycles. The molecule has 2 aromatic rings. The van der Waals surface area contributed by atoms with Gasteiger partial charge < -0.3 is 10.4 Å². The first-order chi connectivity index (χ1) is 10.4. The molecule has 0 aliphatic heterocycles. The monoisotopic (exact) mass is 281 g/mol. The summed E-state index contributed by atoms with van der Waals surface area (Å²) in [4.78, 5) is 0. The van der Waals surface area contributed by atoms with Gasteiger partial charge in [0.1, 0.15) is 0 Å². The fourth-order valence-corrected chi connectivity index (χ4v) is 3.21. The Bertz CT molecular complexity index is 548. The lowest BCUT2D eigenvalue weighted by Crippen LogP contribution is -2.28. The summed E-state index contributed by atoms with van der Waals surface area (Å²) in [6, 6.07) is 17.8. The van der Waals surface area contributed by atoms with Gasteiger partial charge in [-0.1, -0.05) is 48.5 Å². The Morgan fingerprint density at radius 3 is 2.10 bits per heavy atom. The van der Waals surface area contributed by atoms with Gasteiger partial charge >= 0.3 is 0 Å². The highest BCUT2D eigenvalue weighted by Crippen LogP contribution is 2.34. The quantitative estimate of drug-likeness (QED) is 0.795. The minimum atomic E-state index is 0.301. The molecule has 0 fully saturated rings. The third-order valence-corrected chi connectivity index (χ3v) is 4.30. The van der Waals surface area contributed by atoms with Gasteiger partial charge in [0.25, 0.3) is 0 Å². The van der Waals surface area contributed by atoms with E-state index in [2.05, 4.69) is 53.8 Å². The van der Waals surface area contributed by atoms with Crippen LogP contribution >= 0.6 is 0 Å². The van der Waals surface area contributed by atoms with Gasteiger partial charge in [0.05, 0.1) is 6.04 Å². The molecule has 0 amide bonds. The van der Waals surface area contributed by atoms with Gasteiger partial charge in [-0.25, -0.2) is 0 Å². The lowest BCUT2D eigenvalue weighted by atomic mass is 9.82. The van der Waals surface area contributed by atoms with Gasteiger partial charge in [0, 0.05) is 6.61 Å². The molecule has 2 heteroatoms. The Kier molecular flexibility index (Phi) is 4.69. The average Bonchev–Trinajstić information content (AvgIpc) is 2.53. The molecule has 0 radical (unpaired) electrons. The Morgan fingerprint density at radius 2 is 1.48 bits per heavy atom. The molecule has 2 aromatic carbocycles. The topological polar surface area (TPSA) is 32.3 Å². The Labute approximate surface area is 126 Å². The van der Waals surface area contributed by atoms with E-state index in [1.807, 2.05) is 0 Å². The molecule has 0 unspecified atom stereocenters. The van der Waals surface area contributed by atoms with Crippen molar-refractivity contribution in [3.63, 3.8) is 0 Å². The zero-order valence-corrected chi connectivity index (χ0v) is 12.4. The highest BCUT2D eigenvalue weighted by atomic mass is 16.2. The van der Waals surface area contributed by atoms with Crippen molar-refractivity contribution in [2.45, 2.75) is 31.7 Å². The number of aliphatic hydroxyl groups excluding tert-OH is 1. The van der Waals surface area contributed by atoms with Crippen molar-refractivity contribution in [2.24, 2.45) is 0 Å². The van der Waals surface area contributed by atoms with Crippen molar-refractivity contribution in [2.75, 3.05) is 13.2 Å². The van der Waals surface area contributed by atoms with Crippen LogP contribution in [0.4, 0.5) is 0 Å². The normalized spacial score (nSPS) is 13.8.